The smallest absolute Gasteiger partial charge is 0.345 e. The standard InChI is InChI=1S/C11H12ClNO4/c1-3-17-11(14)10-8(6-12)4-7(2)5-9(10)13(15)16/h4-5H,3,6H2,1-2H3. The van der Waals surface area contributed by atoms with Gasteiger partial charge < -0.3 is 4.74 Å². The molecular formula is C11H12ClNO4. The lowest BCUT2D eigenvalue weighted by atomic mass is 10.0. The zero-order valence-corrected chi connectivity index (χ0v) is 10.3. The van der Waals surface area contributed by atoms with Crippen molar-refractivity contribution in [1.82, 2.24) is 0 Å². The molecule has 1 aromatic rings. The highest BCUT2D eigenvalue weighted by molar-refractivity contribution is 6.18. The van der Waals surface area contributed by atoms with Crippen LogP contribution >= 0.6 is 11.6 Å². The summed E-state index contributed by atoms with van der Waals surface area (Å²) < 4.78 is 4.80. The fraction of sp³-hybridized carbons (Fsp3) is 0.364. The van der Waals surface area contributed by atoms with Gasteiger partial charge in [-0.2, -0.15) is 0 Å². The number of nitro benzene ring substituents is 1. The Labute approximate surface area is 103 Å². The molecule has 5 nitrogen and oxygen atoms in total. The number of halogens is 1. The second-order valence-electron chi connectivity index (χ2n) is 3.43. The van der Waals surface area contributed by atoms with Crippen LogP contribution in [-0.2, 0) is 10.6 Å². The van der Waals surface area contributed by atoms with E-state index in [0.717, 1.165) is 0 Å². The molecule has 1 rings (SSSR count). The Kier molecular flexibility index (Phi) is 4.45. The third-order valence-corrected chi connectivity index (χ3v) is 2.45. The van der Waals surface area contributed by atoms with Crippen LogP contribution in [0.15, 0.2) is 12.1 Å². The average Bonchev–Trinajstić information content (AvgIpc) is 2.27. The highest BCUT2D eigenvalue weighted by atomic mass is 35.5. The Morgan fingerprint density at radius 2 is 2.18 bits per heavy atom. The maximum absolute atomic E-state index is 11.7. The summed E-state index contributed by atoms with van der Waals surface area (Å²) in [5.74, 6) is -0.689. The van der Waals surface area contributed by atoms with Gasteiger partial charge in [-0.15, -0.1) is 11.6 Å². The minimum absolute atomic E-state index is 0.0245. The number of alkyl halides is 1. The number of carbonyl (C=O) groups excluding carboxylic acids is 1. The molecular weight excluding hydrogens is 246 g/mol. The third kappa shape index (κ3) is 2.94. The molecule has 0 spiro atoms. The van der Waals surface area contributed by atoms with Gasteiger partial charge in [0.15, 0.2) is 0 Å². The van der Waals surface area contributed by atoms with E-state index >= 15 is 0 Å². The Morgan fingerprint density at radius 3 is 2.65 bits per heavy atom. The van der Waals surface area contributed by atoms with Crippen molar-refractivity contribution in [2.75, 3.05) is 6.61 Å². The van der Waals surface area contributed by atoms with Gasteiger partial charge in [0.05, 0.1) is 11.5 Å². The summed E-state index contributed by atoms with van der Waals surface area (Å²) in [5, 5.41) is 10.9. The molecule has 0 bridgehead atoms. The predicted octanol–water partition coefficient (Wildman–Crippen LogP) is 2.82. The molecule has 0 aliphatic carbocycles. The van der Waals surface area contributed by atoms with Crippen molar-refractivity contribution in [2.45, 2.75) is 19.7 Å². The number of esters is 1. The van der Waals surface area contributed by atoms with E-state index in [1.54, 1.807) is 19.9 Å². The minimum Gasteiger partial charge on any atom is -0.462 e. The number of rotatable bonds is 4. The summed E-state index contributed by atoms with van der Waals surface area (Å²) >= 11 is 5.69. The highest BCUT2D eigenvalue weighted by Gasteiger charge is 2.25. The molecule has 17 heavy (non-hydrogen) atoms. The number of nitrogens with zero attached hydrogens (tertiary/aromatic N) is 1. The lowest BCUT2D eigenvalue weighted by Crippen LogP contribution is -2.11. The molecule has 6 heteroatoms. The van der Waals surface area contributed by atoms with E-state index in [1.807, 2.05) is 0 Å². The van der Waals surface area contributed by atoms with Gasteiger partial charge >= 0.3 is 5.97 Å². The molecule has 0 aliphatic rings. The lowest BCUT2D eigenvalue weighted by molar-refractivity contribution is -0.385. The first-order valence-electron chi connectivity index (χ1n) is 5.02. The Bertz CT molecular complexity index is 459. The van der Waals surface area contributed by atoms with Crippen molar-refractivity contribution >= 4 is 23.3 Å². The van der Waals surface area contributed by atoms with E-state index in [-0.39, 0.29) is 23.7 Å². The summed E-state index contributed by atoms with van der Waals surface area (Å²) in [6.45, 7) is 3.50. The van der Waals surface area contributed by atoms with Crippen LogP contribution in [0, 0.1) is 17.0 Å². The second-order valence-corrected chi connectivity index (χ2v) is 3.70. The van der Waals surface area contributed by atoms with Gasteiger partial charge in [0.2, 0.25) is 0 Å². The van der Waals surface area contributed by atoms with E-state index < -0.39 is 10.9 Å². The fourth-order valence-corrected chi connectivity index (χ4v) is 1.74. The quantitative estimate of drug-likeness (QED) is 0.360. The van der Waals surface area contributed by atoms with E-state index in [2.05, 4.69) is 0 Å². The molecule has 0 amide bonds. The largest absolute Gasteiger partial charge is 0.462 e. The number of hydrogen-bond acceptors (Lipinski definition) is 4. The second kappa shape index (κ2) is 5.63. The molecule has 1 aromatic carbocycles. The normalized spacial score (nSPS) is 10.1. The molecule has 0 N–H and O–H groups in total. The van der Waals surface area contributed by atoms with Crippen LogP contribution in [0.3, 0.4) is 0 Å². The van der Waals surface area contributed by atoms with Crippen molar-refractivity contribution in [3.63, 3.8) is 0 Å². The number of ether oxygens (including phenoxy) is 1. The van der Waals surface area contributed by atoms with Gasteiger partial charge in [0, 0.05) is 11.9 Å². The maximum atomic E-state index is 11.7. The Hall–Kier alpha value is -1.62. The topological polar surface area (TPSA) is 69.4 Å². The highest BCUT2D eigenvalue weighted by Crippen LogP contribution is 2.26. The van der Waals surface area contributed by atoms with Crippen molar-refractivity contribution < 1.29 is 14.5 Å². The monoisotopic (exact) mass is 257 g/mol. The van der Waals surface area contributed by atoms with Gasteiger partial charge in [-0.05, 0) is 25.0 Å². The van der Waals surface area contributed by atoms with Gasteiger partial charge in [-0.25, -0.2) is 4.79 Å². The molecule has 0 saturated carbocycles. The predicted molar refractivity (Wildman–Crippen MR) is 63.3 cm³/mol. The van der Waals surface area contributed by atoms with E-state index in [9.17, 15) is 14.9 Å². The van der Waals surface area contributed by atoms with Gasteiger partial charge in [0.25, 0.3) is 5.69 Å². The van der Waals surface area contributed by atoms with E-state index in [4.69, 9.17) is 16.3 Å². The fourth-order valence-electron chi connectivity index (χ4n) is 1.53. The molecule has 0 heterocycles. The first-order valence-corrected chi connectivity index (χ1v) is 5.55. The molecule has 0 fully saturated rings. The molecule has 0 unspecified atom stereocenters. The molecule has 0 radical (unpaired) electrons. The SMILES string of the molecule is CCOC(=O)c1c(CCl)cc(C)cc1[N+](=O)[O-]. The number of nitro groups is 1. The van der Waals surface area contributed by atoms with Crippen LogP contribution in [-0.4, -0.2) is 17.5 Å². The van der Waals surface area contributed by atoms with Crippen molar-refractivity contribution in [3.05, 3.63) is 38.9 Å². The Balaban J connectivity index is 3.41. The van der Waals surface area contributed by atoms with Crippen LogP contribution in [0.4, 0.5) is 5.69 Å². The summed E-state index contributed by atoms with van der Waals surface area (Å²) in [6, 6.07) is 2.98. The first kappa shape index (κ1) is 13.4. The number of carbonyl (C=O) groups is 1. The number of aryl methyl sites for hydroxylation is 1. The van der Waals surface area contributed by atoms with Crippen LogP contribution in [0.2, 0.25) is 0 Å². The minimum atomic E-state index is -0.713. The van der Waals surface area contributed by atoms with Gasteiger partial charge in [-0.3, -0.25) is 10.1 Å². The molecule has 0 aliphatic heterocycles. The summed E-state index contributed by atoms with van der Waals surface area (Å²) in [4.78, 5) is 22.0. The number of benzene rings is 1. The lowest BCUT2D eigenvalue weighted by Gasteiger charge is -2.08. The van der Waals surface area contributed by atoms with E-state index in [1.165, 1.54) is 6.07 Å². The molecule has 0 aromatic heterocycles. The molecule has 0 atom stereocenters. The van der Waals surface area contributed by atoms with Crippen molar-refractivity contribution in [3.8, 4) is 0 Å². The van der Waals surface area contributed by atoms with Crippen molar-refractivity contribution in [2.24, 2.45) is 0 Å². The Morgan fingerprint density at radius 1 is 1.53 bits per heavy atom. The van der Waals surface area contributed by atoms with Crippen LogP contribution in [0.1, 0.15) is 28.4 Å². The van der Waals surface area contributed by atoms with Crippen LogP contribution in [0.5, 0.6) is 0 Å². The summed E-state index contributed by atoms with van der Waals surface area (Å²) in [5.41, 5.74) is 0.772. The van der Waals surface area contributed by atoms with Gasteiger partial charge in [-0.1, -0.05) is 6.07 Å². The zero-order valence-electron chi connectivity index (χ0n) is 9.53. The summed E-state index contributed by atoms with van der Waals surface area (Å²) in [6.07, 6.45) is 0. The molecule has 92 valence electrons. The third-order valence-electron chi connectivity index (χ3n) is 2.16. The zero-order chi connectivity index (χ0) is 13.0. The molecule has 0 saturated heterocycles. The first-order chi connectivity index (χ1) is 8.01. The van der Waals surface area contributed by atoms with Crippen molar-refractivity contribution in [1.29, 1.82) is 0 Å². The van der Waals surface area contributed by atoms with Crippen LogP contribution < -0.4 is 0 Å². The van der Waals surface area contributed by atoms with Gasteiger partial charge in [0.1, 0.15) is 5.56 Å². The number of hydrogen-bond donors (Lipinski definition) is 0. The van der Waals surface area contributed by atoms with E-state index in [0.29, 0.717) is 11.1 Å². The maximum Gasteiger partial charge on any atom is 0.345 e. The average molecular weight is 258 g/mol. The summed E-state index contributed by atoms with van der Waals surface area (Å²) in [7, 11) is 0. The van der Waals surface area contributed by atoms with Crippen LogP contribution in [0.25, 0.3) is 0 Å².